The van der Waals surface area contributed by atoms with Crippen molar-refractivity contribution < 1.29 is 32.5 Å². The molecule has 150 valence electrons. The maximum atomic E-state index is 12.5. The molecule has 0 aliphatic carbocycles. The van der Waals surface area contributed by atoms with Crippen molar-refractivity contribution in [3.05, 3.63) is 53.6 Å². The van der Waals surface area contributed by atoms with Gasteiger partial charge in [0.2, 0.25) is 0 Å². The van der Waals surface area contributed by atoms with Crippen LogP contribution in [0.3, 0.4) is 0 Å². The van der Waals surface area contributed by atoms with Gasteiger partial charge in [-0.1, -0.05) is 23.7 Å². The zero-order chi connectivity index (χ0) is 20.5. The summed E-state index contributed by atoms with van der Waals surface area (Å²) in [6, 6.07) is 10.8. The van der Waals surface area contributed by atoms with Gasteiger partial charge < -0.3 is 19.5 Å². The number of aliphatic carboxylic acids is 1. The van der Waals surface area contributed by atoms with Gasteiger partial charge in [0.05, 0.1) is 13.5 Å². The molecule has 2 aromatic carbocycles. The molecule has 0 saturated heterocycles. The van der Waals surface area contributed by atoms with Crippen molar-refractivity contribution >= 4 is 23.3 Å². The fourth-order valence-electron chi connectivity index (χ4n) is 3.32. The Morgan fingerprint density at radius 2 is 1.96 bits per heavy atom. The van der Waals surface area contributed by atoms with Crippen molar-refractivity contribution in [3.63, 3.8) is 0 Å². The Bertz CT molecular complexity index is 874. The van der Waals surface area contributed by atoms with E-state index in [1.54, 1.807) is 29.2 Å². The Balaban J connectivity index is 1.90. The van der Waals surface area contributed by atoms with Crippen LogP contribution in [0.1, 0.15) is 23.5 Å². The summed E-state index contributed by atoms with van der Waals surface area (Å²) in [5.74, 6) is -1.24. The second-order valence-electron chi connectivity index (χ2n) is 6.32. The van der Waals surface area contributed by atoms with E-state index in [9.17, 15) is 23.1 Å². The molecule has 2 aromatic rings. The van der Waals surface area contributed by atoms with Gasteiger partial charge in [-0.2, -0.15) is 0 Å². The van der Waals surface area contributed by atoms with Crippen molar-refractivity contribution in [2.24, 2.45) is 0 Å². The SMILES string of the molecule is COc1ccc2c(c1)C(CC(=O)O)C(Cl)N2Cc1cccc(OC(F)(F)F)c1. The predicted molar refractivity (Wildman–Crippen MR) is 96.9 cm³/mol. The topological polar surface area (TPSA) is 59.0 Å². The van der Waals surface area contributed by atoms with Gasteiger partial charge in [0.15, 0.2) is 0 Å². The highest BCUT2D eigenvalue weighted by Crippen LogP contribution is 2.46. The standard InChI is InChI=1S/C19H17ClF3NO4/c1-27-12-5-6-16-14(8-12)15(9-17(25)26)18(20)24(16)10-11-3-2-4-13(7-11)28-19(21,22)23/h2-8,15,18H,9-10H2,1H3,(H,25,26). The van der Waals surface area contributed by atoms with Crippen molar-refractivity contribution in [1.82, 2.24) is 0 Å². The predicted octanol–water partition coefficient (Wildman–Crippen LogP) is 4.74. The summed E-state index contributed by atoms with van der Waals surface area (Å²) in [5.41, 5.74) is 1.31. The van der Waals surface area contributed by atoms with Crippen LogP contribution in [-0.2, 0) is 11.3 Å². The van der Waals surface area contributed by atoms with Crippen LogP contribution in [0, 0.1) is 0 Å². The molecule has 2 atom stereocenters. The molecular formula is C19H17ClF3NO4. The molecule has 5 nitrogen and oxygen atoms in total. The zero-order valence-corrected chi connectivity index (χ0v) is 15.5. The van der Waals surface area contributed by atoms with Crippen LogP contribution >= 0.6 is 11.6 Å². The summed E-state index contributed by atoms with van der Waals surface area (Å²) in [6.07, 6.45) is -4.96. The van der Waals surface area contributed by atoms with Crippen LogP contribution in [0.2, 0.25) is 0 Å². The first kappa shape index (κ1) is 20.1. The van der Waals surface area contributed by atoms with Gasteiger partial charge in [-0.05, 0) is 41.5 Å². The van der Waals surface area contributed by atoms with Gasteiger partial charge in [0.25, 0.3) is 0 Å². The summed E-state index contributed by atoms with van der Waals surface area (Å²) in [5, 5.41) is 9.23. The number of rotatable bonds is 6. The second-order valence-corrected chi connectivity index (χ2v) is 6.77. The summed E-state index contributed by atoms with van der Waals surface area (Å²) < 4.78 is 46.6. The number of hydrogen-bond acceptors (Lipinski definition) is 4. The van der Waals surface area contributed by atoms with E-state index < -0.39 is 23.8 Å². The fourth-order valence-corrected chi connectivity index (χ4v) is 3.72. The lowest BCUT2D eigenvalue weighted by Gasteiger charge is -2.25. The number of fused-ring (bicyclic) bond motifs is 1. The number of anilines is 1. The van der Waals surface area contributed by atoms with E-state index in [1.807, 2.05) is 0 Å². The Morgan fingerprint density at radius 1 is 1.21 bits per heavy atom. The number of ether oxygens (including phenoxy) is 2. The first-order chi connectivity index (χ1) is 13.2. The lowest BCUT2D eigenvalue weighted by atomic mass is 9.97. The van der Waals surface area contributed by atoms with E-state index >= 15 is 0 Å². The van der Waals surface area contributed by atoms with Crippen LogP contribution in [-0.4, -0.2) is 30.0 Å². The smallest absolute Gasteiger partial charge is 0.497 e. The third kappa shape index (κ3) is 4.44. The number of carbonyl (C=O) groups is 1. The molecule has 1 aliphatic rings. The minimum absolute atomic E-state index is 0.179. The molecule has 3 rings (SSSR count). The molecule has 1 N–H and O–H groups in total. The van der Waals surface area contributed by atoms with Gasteiger partial charge in [0.1, 0.15) is 17.0 Å². The molecular weight excluding hydrogens is 399 g/mol. The highest BCUT2D eigenvalue weighted by atomic mass is 35.5. The summed E-state index contributed by atoms with van der Waals surface area (Å²) in [7, 11) is 1.50. The summed E-state index contributed by atoms with van der Waals surface area (Å²) >= 11 is 6.56. The lowest BCUT2D eigenvalue weighted by molar-refractivity contribution is -0.274. The van der Waals surface area contributed by atoms with Crippen LogP contribution in [0.5, 0.6) is 11.5 Å². The normalized spacial score (nSPS) is 18.7. The number of halogens is 4. The molecule has 0 fully saturated rings. The monoisotopic (exact) mass is 415 g/mol. The lowest BCUT2D eigenvalue weighted by Crippen LogP contribution is -2.29. The average Bonchev–Trinajstić information content (AvgIpc) is 2.85. The highest BCUT2D eigenvalue weighted by molar-refractivity contribution is 6.23. The number of nitrogens with zero attached hydrogens (tertiary/aromatic N) is 1. The third-order valence-electron chi connectivity index (χ3n) is 4.45. The van der Waals surface area contributed by atoms with E-state index in [1.165, 1.54) is 25.3 Å². The van der Waals surface area contributed by atoms with Crippen molar-refractivity contribution in [2.45, 2.75) is 30.7 Å². The molecule has 1 aliphatic heterocycles. The Kier molecular flexibility index (Phi) is 5.60. The van der Waals surface area contributed by atoms with Crippen molar-refractivity contribution in [1.29, 1.82) is 0 Å². The molecule has 0 radical (unpaired) electrons. The van der Waals surface area contributed by atoms with E-state index in [4.69, 9.17) is 16.3 Å². The van der Waals surface area contributed by atoms with Crippen LogP contribution in [0.15, 0.2) is 42.5 Å². The fraction of sp³-hybridized carbons (Fsp3) is 0.316. The Labute approximate surface area is 164 Å². The molecule has 1 heterocycles. The largest absolute Gasteiger partial charge is 0.573 e. The number of hydrogen-bond donors (Lipinski definition) is 1. The molecule has 9 heteroatoms. The molecule has 0 bridgehead atoms. The van der Waals surface area contributed by atoms with Crippen molar-refractivity contribution in [3.8, 4) is 11.5 Å². The molecule has 2 unspecified atom stereocenters. The van der Waals surface area contributed by atoms with E-state index in [-0.39, 0.29) is 18.7 Å². The molecule has 0 amide bonds. The van der Waals surface area contributed by atoms with Crippen LogP contribution in [0.4, 0.5) is 18.9 Å². The van der Waals surface area contributed by atoms with Gasteiger partial charge in [-0.15, -0.1) is 13.2 Å². The number of carboxylic acids is 1. The maximum absolute atomic E-state index is 12.5. The Morgan fingerprint density at radius 3 is 2.61 bits per heavy atom. The van der Waals surface area contributed by atoms with E-state index in [2.05, 4.69) is 4.74 Å². The number of carboxylic acid groups (broad SMARTS) is 1. The van der Waals surface area contributed by atoms with Crippen LogP contribution in [0.25, 0.3) is 0 Å². The quantitative estimate of drug-likeness (QED) is 0.545. The molecule has 0 spiro atoms. The molecule has 0 saturated carbocycles. The zero-order valence-electron chi connectivity index (χ0n) is 14.7. The highest BCUT2D eigenvalue weighted by Gasteiger charge is 2.39. The number of alkyl halides is 4. The van der Waals surface area contributed by atoms with Gasteiger partial charge in [0, 0.05) is 18.2 Å². The first-order valence-electron chi connectivity index (χ1n) is 8.33. The molecule has 28 heavy (non-hydrogen) atoms. The summed E-state index contributed by atoms with van der Waals surface area (Å²) in [6.45, 7) is 0.193. The summed E-state index contributed by atoms with van der Waals surface area (Å²) in [4.78, 5) is 13.0. The van der Waals surface area contributed by atoms with Gasteiger partial charge >= 0.3 is 12.3 Å². The third-order valence-corrected chi connectivity index (χ3v) is 4.99. The minimum atomic E-state index is -4.78. The number of methoxy groups -OCH3 is 1. The maximum Gasteiger partial charge on any atom is 0.573 e. The number of benzene rings is 2. The van der Waals surface area contributed by atoms with E-state index in [0.29, 0.717) is 17.0 Å². The average molecular weight is 416 g/mol. The van der Waals surface area contributed by atoms with Gasteiger partial charge in [-0.25, -0.2) is 0 Å². The first-order valence-corrected chi connectivity index (χ1v) is 8.76. The van der Waals surface area contributed by atoms with Crippen LogP contribution < -0.4 is 14.4 Å². The van der Waals surface area contributed by atoms with Gasteiger partial charge in [-0.3, -0.25) is 4.79 Å². The second kappa shape index (κ2) is 7.79. The van der Waals surface area contributed by atoms with E-state index in [0.717, 1.165) is 5.56 Å². The Hall–Kier alpha value is -2.61. The van der Waals surface area contributed by atoms with Crippen molar-refractivity contribution in [2.75, 3.05) is 12.0 Å². The minimum Gasteiger partial charge on any atom is -0.497 e. The molecule has 0 aromatic heterocycles.